The van der Waals surface area contributed by atoms with Crippen LogP contribution in [0.15, 0.2) is 18.2 Å². The van der Waals surface area contributed by atoms with Crippen LogP contribution in [0.5, 0.6) is 0 Å². The fourth-order valence-corrected chi connectivity index (χ4v) is 1.98. The Morgan fingerprint density at radius 3 is 2.47 bits per heavy atom. The van der Waals surface area contributed by atoms with Gasteiger partial charge in [0.05, 0.1) is 5.56 Å². The number of alkyl halides is 3. The van der Waals surface area contributed by atoms with Crippen molar-refractivity contribution in [2.24, 2.45) is 5.73 Å². The zero-order chi connectivity index (χ0) is 14.5. The number of nitrogens with two attached hydrogens (primary N) is 1. The van der Waals surface area contributed by atoms with Crippen LogP contribution in [0.25, 0.3) is 0 Å². The van der Waals surface area contributed by atoms with Crippen molar-refractivity contribution in [2.75, 3.05) is 25.0 Å². The lowest BCUT2D eigenvalue weighted by atomic mass is 10.0. The molecular formula is C14H21F3N2. The number of hydrogen-bond acceptors (Lipinski definition) is 2. The standard InChI is InChI=1S/C14H21F3N2/c1-3-4-9-19(2)13-6-5-11(7-8-18)10-12(13)14(15,16)17/h5-6,10H,3-4,7-9,18H2,1-2H3. The van der Waals surface area contributed by atoms with E-state index in [9.17, 15) is 13.2 Å². The number of unbranched alkanes of at least 4 members (excludes halogenated alkanes) is 1. The summed E-state index contributed by atoms with van der Waals surface area (Å²) in [5.41, 5.74) is 5.68. The molecule has 0 radical (unpaired) electrons. The summed E-state index contributed by atoms with van der Waals surface area (Å²) in [7, 11) is 1.70. The van der Waals surface area contributed by atoms with Crippen molar-refractivity contribution in [3.8, 4) is 0 Å². The molecule has 2 N–H and O–H groups in total. The number of anilines is 1. The molecule has 0 amide bonds. The molecular weight excluding hydrogens is 253 g/mol. The zero-order valence-electron chi connectivity index (χ0n) is 11.4. The summed E-state index contributed by atoms with van der Waals surface area (Å²) in [6, 6.07) is 4.48. The van der Waals surface area contributed by atoms with E-state index in [1.165, 1.54) is 6.07 Å². The Balaban J connectivity index is 3.08. The molecule has 0 unspecified atom stereocenters. The summed E-state index contributed by atoms with van der Waals surface area (Å²) >= 11 is 0. The minimum Gasteiger partial charge on any atom is -0.374 e. The van der Waals surface area contributed by atoms with Crippen molar-refractivity contribution in [1.29, 1.82) is 0 Å². The first kappa shape index (κ1) is 15.8. The molecule has 0 spiro atoms. The summed E-state index contributed by atoms with van der Waals surface area (Å²) in [6.45, 7) is 2.99. The molecule has 1 rings (SSSR count). The molecule has 0 bridgehead atoms. The number of nitrogens with zero attached hydrogens (tertiary/aromatic N) is 1. The van der Waals surface area contributed by atoms with Crippen molar-refractivity contribution >= 4 is 5.69 Å². The van der Waals surface area contributed by atoms with Crippen LogP contribution in [0.4, 0.5) is 18.9 Å². The summed E-state index contributed by atoms with van der Waals surface area (Å²) in [5.74, 6) is 0. The molecule has 5 heteroatoms. The Morgan fingerprint density at radius 1 is 1.26 bits per heavy atom. The summed E-state index contributed by atoms with van der Waals surface area (Å²) in [5, 5.41) is 0. The maximum Gasteiger partial charge on any atom is 0.418 e. The summed E-state index contributed by atoms with van der Waals surface area (Å²) in [6.07, 6.45) is -2.04. The molecule has 0 heterocycles. The van der Waals surface area contributed by atoms with Crippen LogP contribution in [0.3, 0.4) is 0 Å². The van der Waals surface area contributed by atoms with E-state index < -0.39 is 11.7 Å². The molecule has 19 heavy (non-hydrogen) atoms. The Hall–Kier alpha value is -1.23. The van der Waals surface area contributed by atoms with E-state index >= 15 is 0 Å². The van der Waals surface area contributed by atoms with E-state index in [-0.39, 0.29) is 5.69 Å². The van der Waals surface area contributed by atoms with Gasteiger partial charge in [-0.25, -0.2) is 0 Å². The number of hydrogen-bond donors (Lipinski definition) is 1. The monoisotopic (exact) mass is 274 g/mol. The van der Waals surface area contributed by atoms with Gasteiger partial charge in [-0.3, -0.25) is 0 Å². The van der Waals surface area contributed by atoms with Crippen LogP contribution in [0.2, 0.25) is 0 Å². The van der Waals surface area contributed by atoms with Crippen molar-refractivity contribution in [2.45, 2.75) is 32.4 Å². The first-order valence-corrected chi connectivity index (χ1v) is 6.51. The molecule has 0 aromatic heterocycles. The molecule has 1 aromatic carbocycles. The predicted octanol–water partition coefficient (Wildman–Crippen LogP) is 3.44. The molecule has 2 nitrogen and oxygen atoms in total. The highest BCUT2D eigenvalue weighted by Gasteiger charge is 2.34. The Labute approximate surface area is 112 Å². The second-order valence-electron chi connectivity index (χ2n) is 4.66. The molecule has 0 saturated carbocycles. The van der Waals surface area contributed by atoms with Gasteiger partial charge in [0.1, 0.15) is 0 Å². The van der Waals surface area contributed by atoms with Gasteiger partial charge >= 0.3 is 6.18 Å². The van der Waals surface area contributed by atoms with E-state index in [0.29, 0.717) is 25.1 Å². The van der Waals surface area contributed by atoms with Crippen LogP contribution in [-0.4, -0.2) is 20.1 Å². The largest absolute Gasteiger partial charge is 0.418 e. The lowest BCUT2D eigenvalue weighted by molar-refractivity contribution is -0.137. The summed E-state index contributed by atoms with van der Waals surface area (Å²) < 4.78 is 39.3. The number of benzene rings is 1. The van der Waals surface area contributed by atoms with Crippen molar-refractivity contribution < 1.29 is 13.2 Å². The third kappa shape index (κ3) is 4.42. The molecule has 0 atom stereocenters. The molecule has 0 aliphatic heterocycles. The van der Waals surface area contributed by atoms with Crippen LogP contribution in [-0.2, 0) is 12.6 Å². The molecule has 108 valence electrons. The Kier molecular flexibility index (Phi) is 5.66. The van der Waals surface area contributed by atoms with Crippen molar-refractivity contribution in [3.05, 3.63) is 29.3 Å². The van der Waals surface area contributed by atoms with Crippen LogP contribution < -0.4 is 10.6 Å². The normalized spacial score (nSPS) is 11.7. The number of rotatable bonds is 6. The molecule has 0 aliphatic carbocycles. The van der Waals surface area contributed by atoms with E-state index in [1.54, 1.807) is 24.1 Å². The van der Waals surface area contributed by atoms with Gasteiger partial charge in [0.2, 0.25) is 0 Å². The maximum atomic E-state index is 13.1. The average Bonchev–Trinajstić information content (AvgIpc) is 2.35. The fraction of sp³-hybridized carbons (Fsp3) is 0.571. The molecule has 0 saturated heterocycles. The van der Waals surface area contributed by atoms with Crippen LogP contribution in [0.1, 0.15) is 30.9 Å². The van der Waals surface area contributed by atoms with Gasteiger partial charge in [0.15, 0.2) is 0 Å². The van der Waals surface area contributed by atoms with Crippen LogP contribution in [0, 0.1) is 0 Å². The van der Waals surface area contributed by atoms with E-state index in [0.717, 1.165) is 12.8 Å². The smallest absolute Gasteiger partial charge is 0.374 e. The fourth-order valence-electron chi connectivity index (χ4n) is 1.98. The minimum atomic E-state index is -4.33. The lowest BCUT2D eigenvalue weighted by Crippen LogP contribution is -2.22. The van der Waals surface area contributed by atoms with Gasteiger partial charge < -0.3 is 10.6 Å². The maximum absolute atomic E-state index is 13.1. The van der Waals surface area contributed by atoms with Gasteiger partial charge in [-0.05, 0) is 37.1 Å². The van der Waals surface area contributed by atoms with E-state index in [1.807, 2.05) is 6.92 Å². The highest BCUT2D eigenvalue weighted by atomic mass is 19.4. The van der Waals surface area contributed by atoms with Gasteiger partial charge in [-0.2, -0.15) is 13.2 Å². The average molecular weight is 274 g/mol. The molecule has 0 fully saturated rings. The van der Waals surface area contributed by atoms with E-state index in [4.69, 9.17) is 5.73 Å². The lowest BCUT2D eigenvalue weighted by Gasteiger charge is -2.24. The third-order valence-corrected chi connectivity index (χ3v) is 3.06. The van der Waals surface area contributed by atoms with Gasteiger partial charge in [0.25, 0.3) is 0 Å². The highest BCUT2D eigenvalue weighted by molar-refractivity contribution is 5.56. The van der Waals surface area contributed by atoms with Crippen molar-refractivity contribution in [3.63, 3.8) is 0 Å². The highest BCUT2D eigenvalue weighted by Crippen LogP contribution is 2.37. The minimum absolute atomic E-state index is 0.238. The van der Waals surface area contributed by atoms with Gasteiger partial charge in [-0.1, -0.05) is 19.4 Å². The van der Waals surface area contributed by atoms with Crippen molar-refractivity contribution in [1.82, 2.24) is 0 Å². The number of halogens is 3. The van der Waals surface area contributed by atoms with Gasteiger partial charge in [-0.15, -0.1) is 0 Å². The first-order valence-electron chi connectivity index (χ1n) is 6.51. The topological polar surface area (TPSA) is 29.3 Å². The molecule has 1 aromatic rings. The van der Waals surface area contributed by atoms with E-state index in [2.05, 4.69) is 0 Å². The third-order valence-electron chi connectivity index (χ3n) is 3.06. The SMILES string of the molecule is CCCCN(C)c1ccc(CCN)cc1C(F)(F)F. The zero-order valence-corrected chi connectivity index (χ0v) is 11.4. The predicted molar refractivity (Wildman–Crippen MR) is 72.4 cm³/mol. The summed E-state index contributed by atoms with van der Waals surface area (Å²) in [4.78, 5) is 1.67. The second kappa shape index (κ2) is 6.80. The Bertz CT molecular complexity index is 402. The quantitative estimate of drug-likeness (QED) is 0.861. The molecule has 0 aliphatic rings. The first-order chi connectivity index (χ1) is 8.90. The van der Waals surface area contributed by atoms with Gasteiger partial charge in [0, 0.05) is 19.3 Å². The Morgan fingerprint density at radius 2 is 1.95 bits per heavy atom. The second-order valence-corrected chi connectivity index (χ2v) is 4.66. The van der Waals surface area contributed by atoms with Crippen LogP contribution >= 0.6 is 0 Å².